The summed E-state index contributed by atoms with van der Waals surface area (Å²) in [5, 5.41) is 9.89. The summed E-state index contributed by atoms with van der Waals surface area (Å²) in [6.45, 7) is 0. The Balaban J connectivity index is 2.33. The maximum absolute atomic E-state index is 12.1. The maximum atomic E-state index is 12.1. The van der Waals surface area contributed by atoms with Gasteiger partial charge in [0, 0.05) is 11.1 Å². The van der Waals surface area contributed by atoms with E-state index in [-0.39, 0.29) is 21.4 Å². The first-order valence-electron chi connectivity index (χ1n) is 5.15. The van der Waals surface area contributed by atoms with Crippen LogP contribution in [0.4, 0.5) is 5.69 Å². The Morgan fingerprint density at radius 3 is 2.42 bits per heavy atom. The van der Waals surface area contributed by atoms with Crippen molar-refractivity contribution in [3.8, 4) is 5.75 Å². The van der Waals surface area contributed by atoms with Crippen LogP contribution in [0.15, 0.2) is 47.4 Å². The van der Waals surface area contributed by atoms with E-state index in [0.29, 0.717) is 5.02 Å². The van der Waals surface area contributed by atoms with E-state index in [1.165, 1.54) is 36.4 Å². The summed E-state index contributed by atoms with van der Waals surface area (Å²) < 4.78 is 26.5. The van der Waals surface area contributed by atoms with Crippen LogP contribution in [0.5, 0.6) is 5.75 Å². The predicted molar refractivity (Wildman–Crippen MR) is 75.4 cm³/mol. The number of aromatic hydroxyl groups is 1. The molecule has 0 aliphatic carbocycles. The molecular weight excluding hydrogens is 309 g/mol. The second kappa shape index (κ2) is 5.28. The topological polar surface area (TPSA) is 66.4 Å². The van der Waals surface area contributed by atoms with Gasteiger partial charge < -0.3 is 5.11 Å². The van der Waals surface area contributed by atoms with Gasteiger partial charge in [-0.2, -0.15) is 0 Å². The van der Waals surface area contributed by atoms with Gasteiger partial charge >= 0.3 is 0 Å². The van der Waals surface area contributed by atoms with Crippen LogP contribution >= 0.6 is 23.2 Å². The highest BCUT2D eigenvalue weighted by Gasteiger charge is 2.15. The lowest BCUT2D eigenvalue weighted by molar-refractivity contribution is 0.476. The summed E-state index contributed by atoms with van der Waals surface area (Å²) in [6.07, 6.45) is 0. The minimum Gasteiger partial charge on any atom is -0.506 e. The number of sulfonamides is 1. The lowest BCUT2D eigenvalue weighted by atomic mass is 10.3. The van der Waals surface area contributed by atoms with Crippen molar-refractivity contribution in [2.75, 3.05) is 4.72 Å². The Hall–Kier alpha value is -1.43. The van der Waals surface area contributed by atoms with Gasteiger partial charge in [-0.1, -0.05) is 29.3 Å². The lowest BCUT2D eigenvalue weighted by Gasteiger charge is -2.09. The Bertz CT molecular complexity index is 717. The number of phenols is 1. The Labute approximate surface area is 120 Å². The Morgan fingerprint density at radius 1 is 1.05 bits per heavy atom. The fraction of sp³-hybridized carbons (Fsp3) is 0. The van der Waals surface area contributed by atoms with Gasteiger partial charge in [0.1, 0.15) is 5.75 Å². The summed E-state index contributed by atoms with van der Waals surface area (Å²) >= 11 is 11.4. The van der Waals surface area contributed by atoms with E-state index in [9.17, 15) is 13.5 Å². The molecule has 2 aromatic rings. The number of rotatable bonds is 3. The van der Waals surface area contributed by atoms with Crippen LogP contribution in [-0.4, -0.2) is 13.5 Å². The van der Waals surface area contributed by atoms with Gasteiger partial charge in [-0.15, -0.1) is 0 Å². The van der Waals surface area contributed by atoms with Crippen molar-refractivity contribution in [1.29, 1.82) is 0 Å². The van der Waals surface area contributed by atoms with Crippen LogP contribution in [-0.2, 0) is 10.0 Å². The van der Waals surface area contributed by atoms with E-state index in [1.807, 2.05) is 0 Å². The molecule has 0 spiro atoms. The van der Waals surface area contributed by atoms with Crippen LogP contribution in [0.2, 0.25) is 10.0 Å². The first kappa shape index (κ1) is 14.0. The number of nitrogens with one attached hydrogen (secondary N) is 1. The van der Waals surface area contributed by atoms with Crippen LogP contribution in [0.3, 0.4) is 0 Å². The van der Waals surface area contributed by atoms with Crippen molar-refractivity contribution < 1.29 is 13.5 Å². The Kier molecular flexibility index (Phi) is 3.89. The van der Waals surface area contributed by atoms with Gasteiger partial charge in [0.2, 0.25) is 0 Å². The van der Waals surface area contributed by atoms with Gasteiger partial charge in [0.05, 0.1) is 15.6 Å². The molecule has 0 bridgehead atoms. The third-order valence-electron chi connectivity index (χ3n) is 2.30. The number of benzene rings is 2. The highest BCUT2D eigenvalue weighted by molar-refractivity contribution is 7.92. The van der Waals surface area contributed by atoms with Gasteiger partial charge in [0.25, 0.3) is 10.0 Å². The monoisotopic (exact) mass is 317 g/mol. The minimum atomic E-state index is -3.75. The van der Waals surface area contributed by atoms with Crippen LogP contribution < -0.4 is 4.72 Å². The summed E-state index contributed by atoms with van der Waals surface area (Å²) in [4.78, 5) is 0.0365. The van der Waals surface area contributed by atoms with Crippen LogP contribution in [0, 0.1) is 0 Å². The SMILES string of the molecule is O=S(=O)(Nc1ccc(Cl)c(O)c1)c1cccc(Cl)c1. The van der Waals surface area contributed by atoms with Crippen molar-refractivity contribution in [3.05, 3.63) is 52.5 Å². The van der Waals surface area contributed by atoms with E-state index in [2.05, 4.69) is 4.72 Å². The third kappa shape index (κ3) is 3.32. The van der Waals surface area contributed by atoms with Gasteiger partial charge in [-0.05, 0) is 30.3 Å². The van der Waals surface area contributed by atoms with Crippen molar-refractivity contribution >= 4 is 38.9 Å². The molecule has 0 atom stereocenters. The summed E-state index contributed by atoms with van der Waals surface area (Å²) in [6, 6.07) is 9.94. The first-order valence-corrected chi connectivity index (χ1v) is 7.39. The lowest BCUT2D eigenvalue weighted by Crippen LogP contribution is -2.12. The van der Waals surface area contributed by atoms with Crippen molar-refractivity contribution in [1.82, 2.24) is 0 Å². The molecular formula is C12H9Cl2NO3S. The molecule has 7 heteroatoms. The zero-order valence-electron chi connectivity index (χ0n) is 9.47. The molecule has 0 saturated heterocycles. The summed E-state index contributed by atoms with van der Waals surface area (Å²) in [5.74, 6) is -0.201. The largest absolute Gasteiger partial charge is 0.506 e. The van der Waals surface area contributed by atoms with E-state index in [0.717, 1.165) is 0 Å². The van der Waals surface area contributed by atoms with Crippen molar-refractivity contribution in [2.45, 2.75) is 4.90 Å². The van der Waals surface area contributed by atoms with Crippen molar-refractivity contribution in [2.24, 2.45) is 0 Å². The molecule has 2 rings (SSSR count). The number of anilines is 1. The molecule has 4 nitrogen and oxygen atoms in total. The zero-order valence-corrected chi connectivity index (χ0v) is 11.8. The molecule has 0 unspecified atom stereocenters. The third-order valence-corrected chi connectivity index (χ3v) is 4.24. The summed E-state index contributed by atoms with van der Waals surface area (Å²) in [7, 11) is -3.75. The standard InChI is InChI=1S/C12H9Cl2NO3S/c13-8-2-1-3-10(6-8)19(17,18)15-9-4-5-11(14)12(16)7-9/h1-7,15-16H. The average molecular weight is 318 g/mol. The molecule has 0 fully saturated rings. The summed E-state index contributed by atoms with van der Waals surface area (Å²) in [5.41, 5.74) is 0.210. The molecule has 0 radical (unpaired) electrons. The van der Waals surface area contributed by atoms with Crippen molar-refractivity contribution in [3.63, 3.8) is 0 Å². The number of halogens is 2. The quantitative estimate of drug-likeness (QED) is 0.910. The smallest absolute Gasteiger partial charge is 0.261 e. The zero-order chi connectivity index (χ0) is 14.0. The molecule has 100 valence electrons. The molecule has 2 N–H and O–H groups in total. The van der Waals surface area contributed by atoms with E-state index < -0.39 is 10.0 Å². The molecule has 19 heavy (non-hydrogen) atoms. The normalized spacial score (nSPS) is 11.3. The average Bonchev–Trinajstić information content (AvgIpc) is 2.33. The number of hydrogen-bond donors (Lipinski definition) is 2. The van der Waals surface area contributed by atoms with Gasteiger partial charge in [-0.3, -0.25) is 4.72 Å². The number of hydrogen-bond acceptors (Lipinski definition) is 3. The van der Waals surface area contributed by atoms with E-state index in [1.54, 1.807) is 6.07 Å². The molecule has 0 heterocycles. The van der Waals surface area contributed by atoms with Crippen LogP contribution in [0.1, 0.15) is 0 Å². The fourth-order valence-electron chi connectivity index (χ4n) is 1.42. The fourth-order valence-corrected chi connectivity index (χ4v) is 2.89. The predicted octanol–water partition coefficient (Wildman–Crippen LogP) is 3.50. The maximum Gasteiger partial charge on any atom is 0.261 e. The first-order chi connectivity index (χ1) is 8.88. The highest BCUT2D eigenvalue weighted by Crippen LogP contribution is 2.27. The van der Waals surface area contributed by atoms with E-state index >= 15 is 0 Å². The van der Waals surface area contributed by atoms with Crippen LogP contribution in [0.25, 0.3) is 0 Å². The number of phenolic OH excluding ortho intramolecular Hbond substituents is 1. The van der Waals surface area contributed by atoms with Gasteiger partial charge in [-0.25, -0.2) is 8.42 Å². The van der Waals surface area contributed by atoms with Gasteiger partial charge in [0.15, 0.2) is 0 Å². The molecule has 2 aromatic carbocycles. The highest BCUT2D eigenvalue weighted by atomic mass is 35.5. The molecule has 0 amide bonds. The molecule has 0 aliphatic heterocycles. The molecule has 0 saturated carbocycles. The minimum absolute atomic E-state index is 0.0365. The Morgan fingerprint density at radius 2 is 1.79 bits per heavy atom. The molecule has 0 aliphatic rings. The van der Waals surface area contributed by atoms with E-state index in [4.69, 9.17) is 23.2 Å². The second-order valence-corrected chi connectivity index (χ2v) is 6.26. The molecule has 0 aromatic heterocycles. The second-order valence-electron chi connectivity index (χ2n) is 3.73.